The van der Waals surface area contributed by atoms with Gasteiger partial charge in [0.15, 0.2) is 0 Å². The van der Waals surface area contributed by atoms with Gasteiger partial charge in [-0.3, -0.25) is 4.79 Å². The zero-order valence-corrected chi connectivity index (χ0v) is 10.7. The van der Waals surface area contributed by atoms with E-state index in [4.69, 9.17) is 15.2 Å². The monoisotopic (exact) mass is 237 g/mol. The number of ether oxygens (including phenoxy) is 2. The van der Waals surface area contributed by atoms with Crippen LogP contribution in [0.1, 0.15) is 47.5 Å². The lowest BCUT2D eigenvalue weighted by atomic mass is 9.96. The third-order valence-corrected chi connectivity index (χ3v) is 2.95. The molecule has 1 aromatic carbocycles. The maximum Gasteiger partial charge on any atom is 0.248 e. The summed E-state index contributed by atoms with van der Waals surface area (Å²) in [4.78, 5) is 11.2. The third-order valence-electron chi connectivity index (χ3n) is 2.95. The van der Waals surface area contributed by atoms with E-state index in [-0.39, 0.29) is 12.2 Å². The van der Waals surface area contributed by atoms with Crippen LogP contribution >= 0.6 is 0 Å². The summed E-state index contributed by atoms with van der Waals surface area (Å²) in [6, 6.07) is 5.33. The number of hydrogen-bond donors (Lipinski definition) is 1. The minimum atomic E-state index is -0.439. The van der Waals surface area contributed by atoms with Crippen molar-refractivity contribution in [2.75, 3.05) is 14.2 Å². The van der Waals surface area contributed by atoms with Crippen molar-refractivity contribution in [2.24, 2.45) is 5.73 Å². The van der Waals surface area contributed by atoms with Gasteiger partial charge in [0.25, 0.3) is 0 Å². The number of hydrogen-bond acceptors (Lipinski definition) is 3. The van der Waals surface area contributed by atoms with Gasteiger partial charge in [-0.15, -0.1) is 0 Å². The summed E-state index contributed by atoms with van der Waals surface area (Å²) in [5.74, 6) is -0.439. The molecule has 2 N–H and O–H groups in total. The first-order valence-electron chi connectivity index (χ1n) is 5.50. The van der Waals surface area contributed by atoms with E-state index in [0.29, 0.717) is 5.56 Å². The molecule has 0 saturated carbocycles. The van der Waals surface area contributed by atoms with Crippen molar-refractivity contribution < 1.29 is 14.3 Å². The van der Waals surface area contributed by atoms with Crippen LogP contribution in [0, 0.1) is 0 Å². The van der Waals surface area contributed by atoms with Crippen LogP contribution in [0.25, 0.3) is 0 Å². The standard InChI is InChI=1S/C13H19NO3/c1-8(16-3)11-6-5-10(13(14)15)7-12(11)9(2)17-4/h5-9H,1-4H3,(H2,14,15). The first kappa shape index (κ1) is 13.7. The smallest absolute Gasteiger partial charge is 0.248 e. The Morgan fingerprint density at radius 3 is 2.12 bits per heavy atom. The van der Waals surface area contributed by atoms with Gasteiger partial charge in [-0.1, -0.05) is 6.07 Å². The van der Waals surface area contributed by atoms with E-state index < -0.39 is 5.91 Å². The Bertz CT molecular complexity index is 404. The molecule has 0 fully saturated rings. The van der Waals surface area contributed by atoms with E-state index in [9.17, 15) is 4.79 Å². The van der Waals surface area contributed by atoms with E-state index in [1.54, 1.807) is 26.4 Å². The second-order valence-electron chi connectivity index (χ2n) is 3.96. The van der Waals surface area contributed by atoms with E-state index in [1.807, 2.05) is 19.9 Å². The van der Waals surface area contributed by atoms with Gasteiger partial charge < -0.3 is 15.2 Å². The fourth-order valence-electron chi connectivity index (χ4n) is 1.70. The Morgan fingerprint density at radius 2 is 1.65 bits per heavy atom. The SMILES string of the molecule is COC(C)c1ccc(C(N)=O)cc1C(C)OC. The number of primary amides is 1. The molecule has 0 spiro atoms. The van der Waals surface area contributed by atoms with Crippen LogP contribution in [-0.4, -0.2) is 20.1 Å². The lowest BCUT2D eigenvalue weighted by Crippen LogP contribution is -2.13. The maximum atomic E-state index is 11.2. The molecular weight excluding hydrogens is 218 g/mol. The van der Waals surface area contributed by atoms with Crippen molar-refractivity contribution in [3.05, 3.63) is 34.9 Å². The van der Waals surface area contributed by atoms with Gasteiger partial charge in [-0.05, 0) is 37.1 Å². The summed E-state index contributed by atoms with van der Waals surface area (Å²) in [6.45, 7) is 3.87. The van der Waals surface area contributed by atoms with Crippen molar-refractivity contribution in [2.45, 2.75) is 26.1 Å². The van der Waals surface area contributed by atoms with Gasteiger partial charge in [-0.2, -0.15) is 0 Å². The molecule has 1 aromatic rings. The van der Waals surface area contributed by atoms with E-state index in [2.05, 4.69) is 0 Å². The molecule has 94 valence electrons. The second-order valence-corrected chi connectivity index (χ2v) is 3.96. The average Bonchev–Trinajstić information content (AvgIpc) is 2.35. The van der Waals surface area contributed by atoms with E-state index >= 15 is 0 Å². The van der Waals surface area contributed by atoms with Crippen LogP contribution < -0.4 is 5.73 Å². The predicted octanol–water partition coefficient (Wildman–Crippen LogP) is 2.20. The highest BCUT2D eigenvalue weighted by atomic mass is 16.5. The molecular formula is C13H19NO3. The molecule has 0 aliphatic rings. The number of rotatable bonds is 5. The maximum absolute atomic E-state index is 11.2. The van der Waals surface area contributed by atoms with Crippen LogP contribution in [0.2, 0.25) is 0 Å². The summed E-state index contributed by atoms with van der Waals surface area (Å²) in [7, 11) is 3.27. The minimum Gasteiger partial charge on any atom is -0.377 e. The minimum absolute atomic E-state index is 0.0514. The highest BCUT2D eigenvalue weighted by molar-refractivity contribution is 5.93. The van der Waals surface area contributed by atoms with Crippen molar-refractivity contribution in [3.63, 3.8) is 0 Å². The molecule has 4 nitrogen and oxygen atoms in total. The molecule has 4 heteroatoms. The Balaban J connectivity index is 3.26. The number of carbonyl (C=O) groups excluding carboxylic acids is 1. The number of nitrogens with two attached hydrogens (primary N) is 1. The molecule has 0 aliphatic carbocycles. The molecule has 0 aliphatic heterocycles. The van der Waals surface area contributed by atoms with Gasteiger partial charge in [0.1, 0.15) is 0 Å². The van der Waals surface area contributed by atoms with Crippen molar-refractivity contribution >= 4 is 5.91 Å². The normalized spacial score (nSPS) is 14.4. The van der Waals surface area contributed by atoms with Crippen LogP contribution in [-0.2, 0) is 9.47 Å². The number of methoxy groups -OCH3 is 2. The Kier molecular flexibility index (Phi) is 4.66. The van der Waals surface area contributed by atoms with E-state index in [1.165, 1.54) is 0 Å². The molecule has 0 saturated heterocycles. The predicted molar refractivity (Wildman–Crippen MR) is 65.8 cm³/mol. The molecule has 1 amide bonds. The molecule has 17 heavy (non-hydrogen) atoms. The topological polar surface area (TPSA) is 61.5 Å². The molecule has 2 atom stereocenters. The molecule has 1 rings (SSSR count). The van der Waals surface area contributed by atoms with Gasteiger partial charge in [0.05, 0.1) is 12.2 Å². The fraction of sp³-hybridized carbons (Fsp3) is 0.462. The van der Waals surface area contributed by atoms with Gasteiger partial charge in [-0.25, -0.2) is 0 Å². The van der Waals surface area contributed by atoms with Gasteiger partial charge >= 0.3 is 0 Å². The summed E-state index contributed by atoms with van der Waals surface area (Å²) < 4.78 is 10.6. The molecule has 0 radical (unpaired) electrons. The quantitative estimate of drug-likeness (QED) is 0.854. The van der Waals surface area contributed by atoms with Crippen LogP contribution in [0.4, 0.5) is 0 Å². The number of amides is 1. The largest absolute Gasteiger partial charge is 0.377 e. The van der Waals surface area contributed by atoms with Crippen LogP contribution in [0.15, 0.2) is 18.2 Å². The van der Waals surface area contributed by atoms with Crippen LogP contribution in [0.5, 0.6) is 0 Å². The summed E-state index contributed by atoms with van der Waals surface area (Å²) >= 11 is 0. The molecule has 2 unspecified atom stereocenters. The van der Waals surface area contributed by atoms with Crippen molar-refractivity contribution in [1.82, 2.24) is 0 Å². The summed E-state index contributed by atoms with van der Waals surface area (Å²) in [5, 5.41) is 0. The highest BCUT2D eigenvalue weighted by Crippen LogP contribution is 2.28. The Hall–Kier alpha value is -1.39. The molecule has 0 aromatic heterocycles. The third kappa shape index (κ3) is 3.05. The first-order chi connectivity index (χ1) is 8.01. The first-order valence-corrected chi connectivity index (χ1v) is 5.50. The zero-order chi connectivity index (χ0) is 13.0. The van der Waals surface area contributed by atoms with Gasteiger partial charge in [0.2, 0.25) is 5.91 Å². The van der Waals surface area contributed by atoms with Gasteiger partial charge in [0, 0.05) is 19.8 Å². The lowest BCUT2D eigenvalue weighted by molar-refractivity contribution is 0.0981. The number of benzene rings is 1. The van der Waals surface area contributed by atoms with Crippen molar-refractivity contribution in [3.8, 4) is 0 Å². The number of carbonyl (C=O) groups is 1. The Morgan fingerprint density at radius 1 is 1.12 bits per heavy atom. The summed E-state index contributed by atoms with van der Waals surface area (Å²) in [5.41, 5.74) is 7.69. The molecule has 0 heterocycles. The van der Waals surface area contributed by atoms with Crippen LogP contribution in [0.3, 0.4) is 0 Å². The lowest BCUT2D eigenvalue weighted by Gasteiger charge is -2.19. The fourth-order valence-corrected chi connectivity index (χ4v) is 1.70. The zero-order valence-electron chi connectivity index (χ0n) is 10.7. The Labute approximate surface area is 102 Å². The summed E-state index contributed by atoms with van der Waals surface area (Å²) in [6.07, 6.45) is -0.161. The molecule has 0 bridgehead atoms. The van der Waals surface area contributed by atoms with Crippen molar-refractivity contribution in [1.29, 1.82) is 0 Å². The highest BCUT2D eigenvalue weighted by Gasteiger charge is 2.16. The average molecular weight is 237 g/mol. The second kappa shape index (κ2) is 5.80. The van der Waals surface area contributed by atoms with E-state index in [0.717, 1.165) is 11.1 Å².